The minimum absolute atomic E-state index is 0.0364. The van der Waals surface area contributed by atoms with Crippen molar-refractivity contribution in [3.8, 4) is 11.5 Å². The molecule has 1 aliphatic rings. The molecule has 1 aromatic rings. The molecule has 1 fully saturated rings. The fourth-order valence-electron chi connectivity index (χ4n) is 3.37. The summed E-state index contributed by atoms with van der Waals surface area (Å²) in [6.45, 7) is 5.58. The highest BCUT2D eigenvalue weighted by molar-refractivity contribution is 5.78. The SMILES string of the molecule is CCCCCCOc1ccc(CN2CCC(C(=O)NN)CC2)cc1OC. The van der Waals surface area contributed by atoms with Crippen molar-refractivity contribution in [1.82, 2.24) is 10.3 Å². The lowest BCUT2D eigenvalue weighted by Gasteiger charge is -2.31. The Morgan fingerprint density at radius 2 is 2.00 bits per heavy atom. The van der Waals surface area contributed by atoms with Crippen molar-refractivity contribution in [3.05, 3.63) is 23.8 Å². The number of hydrogen-bond acceptors (Lipinski definition) is 5. The van der Waals surface area contributed by atoms with E-state index >= 15 is 0 Å². The predicted molar refractivity (Wildman–Crippen MR) is 103 cm³/mol. The fraction of sp³-hybridized carbons (Fsp3) is 0.650. The average molecular weight is 364 g/mol. The van der Waals surface area contributed by atoms with Crippen LogP contribution in [0, 0.1) is 5.92 Å². The van der Waals surface area contributed by atoms with E-state index in [1.807, 2.05) is 6.07 Å². The number of carbonyl (C=O) groups excluding carboxylic acids is 1. The summed E-state index contributed by atoms with van der Waals surface area (Å²) in [4.78, 5) is 14.0. The molecule has 0 unspecified atom stereocenters. The van der Waals surface area contributed by atoms with E-state index in [9.17, 15) is 4.79 Å². The Kier molecular flexibility index (Phi) is 8.71. The van der Waals surface area contributed by atoms with Crippen molar-refractivity contribution in [2.45, 2.75) is 52.0 Å². The first kappa shape index (κ1) is 20.5. The minimum atomic E-state index is -0.0493. The number of ether oxygens (including phenoxy) is 2. The van der Waals surface area contributed by atoms with Gasteiger partial charge in [0.25, 0.3) is 0 Å². The summed E-state index contributed by atoms with van der Waals surface area (Å²) in [7, 11) is 1.68. The number of carbonyl (C=O) groups is 1. The van der Waals surface area contributed by atoms with Crippen LogP contribution in [0.3, 0.4) is 0 Å². The quantitative estimate of drug-likeness (QED) is 0.289. The number of piperidine rings is 1. The second kappa shape index (κ2) is 11.0. The largest absolute Gasteiger partial charge is 0.493 e. The van der Waals surface area contributed by atoms with Crippen LogP contribution < -0.4 is 20.7 Å². The van der Waals surface area contributed by atoms with Gasteiger partial charge in [0.1, 0.15) is 0 Å². The molecule has 6 nitrogen and oxygen atoms in total. The highest BCUT2D eigenvalue weighted by Gasteiger charge is 2.24. The van der Waals surface area contributed by atoms with Crippen LogP contribution >= 0.6 is 0 Å². The van der Waals surface area contributed by atoms with E-state index in [2.05, 4.69) is 29.4 Å². The lowest BCUT2D eigenvalue weighted by Crippen LogP contribution is -2.42. The number of nitrogens with zero attached hydrogens (tertiary/aromatic N) is 1. The fourth-order valence-corrected chi connectivity index (χ4v) is 3.37. The molecule has 146 valence electrons. The van der Waals surface area contributed by atoms with Gasteiger partial charge >= 0.3 is 0 Å². The average Bonchev–Trinajstić information content (AvgIpc) is 2.68. The molecule has 0 bridgehead atoms. The van der Waals surface area contributed by atoms with Gasteiger partial charge in [-0.2, -0.15) is 0 Å². The zero-order chi connectivity index (χ0) is 18.8. The molecule has 6 heteroatoms. The van der Waals surface area contributed by atoms with E-state index in [4.69, 9.17) is 15.3 Å². The first-order valence-electron chi connectivity index (χ1n) is 9.70. The number of hydrazine groups is 1. The third-order valence-electron chi connectivity index (χ3n) is 4.99. The third kappa shape index (κ3) is 6.18. The first-order chi connectivity index (χ1) is 12.7. The molecule has 0 spiro atoms. The monoisotopic (exact) mass is 363 g/mol. The van der Waals surface area contributed by atoms with Gasteiger partial charge in [-0.3, -0.25) is 15.1 Å². The van der Waals surface area contributed by atoms with Gasteiger partial charge in [-0.05, 0) is 50.0 Å². The molecule has 0 aliphatic carbocycles. The van der Waals surface area contributed by atoms with Crippen molar-refractivity contribution < 1.29 is 14.3 Å². The smallest absolute Gasteiger partial charge is 0.237 e. The van der Waals surface area contributed by atoms with Crippen LogP contribution in [0.1, 0.15) is 51.0 Å². The minimum Gasteiger partial charge on any atom is -0.493 e. The molecule has 26 heavy (non-hydrogen) atoms. The Balaban J connectivity index is 1.84. The van der Waals surface area contributed by atoms with Crippen LogP contribution in [0.15, 0.2) is 18.2 Å². The van der Waals surface area contributed by atoms with Gasteiger partial charge in [0.2, 0.25) is 5.91 Å². The van der Waals surface area contributed by atoms with Gasteiger partial charge < -0.3 is 9.47 Å². The maximum atomic E-state index is 11.6. The Morgan fingerprint density at radius 3 is 2.65 bits per heavy atom. The van der Waals surface area contributed by atoms with E-state index in [-0.39, 0.29) is 11.8 Å². The topological polar surface area (TPSA) is 76.8 Å². The highest BCUT2D eigenvalue weighted by atomic mass is 16.5. The van der Waals surface area contributed by atoms with E-state index in [0.717, 1.165) is 57.0 Å². The van der Waals surface area contributed by atoms with E-state index in [1.165, 1.54) is 24.8 Å². The van der Waals surface area contributed by atoms with Crippen molar-refractivity contribution in [3.63, 3.8) is 0 Å². The maximum absolute atomic E-state index is 11.6. The summed E-state index contributed by atoms with van der Waals surface area (Å²) in [6, 6.07) is 6.16. The standard InChI is InChI=1S/C20H33N3O3/c1-3-4-5-6-13-26-18-8-7-16(14-19(18)25-2)15-23-11-9-17(10-12-23)20(24)22-21/h7-8,14,17H,3-6,9-13,15,21H2,1-2H3,(H,22,24). The Bertz CT molecular complexity index is 557. The molecule has 1 aliphatic heterocycles. The molecule has 0 aromatic heterocycles. The first-order valence-corrected chi connectivity index (χ1v) is 9.70. The summed E-state index contributed by atoms with van der Waals surface area (Å²) in [5, 5.41) is 0. The van der Waals surface area contributed by atoms with Crippen molar-refractivity contribution >= 4 is 5.91 Å². The second-order valence-electron chi connectivity index (χ2n) is 6.95. The van der Waals surface area contributed by atoms with E-state index in [1.54, 1.807) is 7.11 Å². The van der Waals surface area contributed by atoms with Crippen molar-refractivity contribution in [2.75, 3.05) is 26.8 Å². The molecule has 3 N–H and O–H groups in total. The number of methoxy groups -OCH3 is 1. The van der Waals surface area contributed by atoms with Crippen LogP contribution in [-0.2, 0) is 11.3 Å². The lowest BCUT2D eigenvalue weighted by atomic mass is 9.96. The summed E-state index contributed by atoms with van der Waals surface area (Å²) >= 11 is 0. The molecule has 1 heterocycles. The molecular weight excluding hydrogens is 330 g/mol. The van der Waals surface area contributed by atoms with Gasteiger partial charge in [0, 0.05) is 12.5 Å². The molecule has 2 rings (SSSR count). The van der Waals surface area contributed by atoms with Gasteiger partial charge in [-0.1, -0.05) is 32.3 Å². The molecule has 0 radical (unpaired) electrons. The Labute approximate surface area is 157 Å². The molecule has 1 aromatic carbocycles. The highest BCUT2D eigenvalue weighted by Crippen LogP contribution is 2.29. The van der Waals surface area contributed by atoms with Gasteiger partial charge in [0.05, 0.1) is 13.7 Å². The summed E-state index contributed by atoms with van der Waals surface area (Å²) in [5.74, 6) is 6.81. The summed E-state index contributed by atoms with van der Waals surface area (Å²) in [5.41, 5.74) is 3.46. The second-order valence-corrected chi connectivity index (χ2v) is 6.95. The van der Waals surface area contributed by atoms with Crippen LogP contribution in [0.2, 0.25) is 0 Å². The van der Waals surface area contributed by atoms with Gasteiger partial charge in [-0.15, -0.1) is 0 Å². The summed E-state index contributed by atoms with van der Waals surface area (Å²) < 4.78 is 11.4. The van der Waals surface area contributed by atoms with Crippen LogP contribution in [-0.4, -0.2) is 37.6 Å². The Hall–Kier alpha value is -1.79. The van der Waals surface area contributed by atoms with E-state index < -0.39 is 0 Å². The molecule has 1 saturated heterocycles. The molecule has 0 atom stereocenters. The molecular formula is C20H33N3O3. The zero-order valence-corrected chi connectivity index (χ0v) is 16.1. The normalized spacial score (nSPS) is 15.7. The molecule has 0 saturated carbocycles. The van der Waals surface area contributed by atoms with Crippen LogP contribution in [0.5, 0.6) is 11.5 Å². The number of amides is 1. The van der Waals surface area contributed by atoms with Gasteiger partial charge in [0.15, 0.2) is 11.5 Å². The number of hydrogen-bond donors (Lipinski definition) is 2. The number of benzene rings is 1. The number of nitrogens with one attached hydrogen (secondary N) is 1. The van der Waals surface area contributed by atoms with E-state index in [0.29, 0.717) is 0 Å². The molecule has 1 amide bonds. The Morgan fingerprint density at radius 1 is 1.23 bits per heavy atom. The zero-order valence-electron chi connectivity index (χ0n) is 16.1. The predicted octanol–water partition coefficient (Wildman–Crippen LogP) is 2.86. The third-order valence-corrected chi connectivity index (χ3v) is 4.99. The van der Waals surface area contributed by atoms with Crippen LogP contribution in [0.25, 0.3) is 0 Å². The van der Waals surface area contributed by atoms with Crippen molar-refractivity contribution in [1.29, 1.82) is 0 Å². The summed E-state index contributed by atoms with van der Waals surface area (Å²) in [6.07, 6.45) is 6.45. The van der Waals surface area contributed by atoms with Gasteiger partial charge in [-0.25, -0.2) is 5.84 Å². The number of unbranched alkanes of at least 4 members (excludes halogenated alkanes) is 3. The number of rotatable bonds is 10. The lowest BCUT2D eigenvalue weighted by molar-refractivity contribution is -0.126. The maximum Gasteiger partial charge on any atom is 0.237 e. The van der Waals surface area contributed by atoms with Crippen molar-refractivity contribution in [2.24, 2.45) is 11.8 Å². The van der Waals surface area contributed by atoms with Crippen LogP contribution in [0.4, 0.5) is 0 Å². The number of likely N-dealkylation sites (tertiary alicyclic amines) is 1. The number of nitrogens with two attached hydrogens (primary N) is 1.